The summed E-state index contributed by atoms with van der Waals surface area (Å²) >= 11 is 1.61. The van der Waals surface area contributed by atoms with Gasteiger partial charge in [0.05, 0.1) is 5.39 Å². The second-order valence-corrected chi connectivity index (χ2v) is 5.57. The molecule has 2 N–H and O–H groups in total. The molecule has 0 aliphatic rings. The van der Waals surface area contributed by atoms with E-state index in [1.807, 2.05) is 13.0 Å². The zero-order valence-corrected chi connectivity index (χ0v) is 12.5. The van der Waals surface area contributed by atoms with Gasteiger partial charge in [-0.05, 0) is 26.1 Å². The molecule has 0 spiro atoms. The molecule has 2 heterocycles. The van der Waals surface area contributed by atoms with E-state index in [0.29, 0.717) is 12.5 Å². The molecule has 5 nitrogen and oxygen atoms in total. The Labute approximate surface area is 117 Å². The molecule has 19 heavy (non-hydrogen) atoms. The Morgan fingerprint density at radius 3 is 2.74 bits per heavy atom. The van der Waals surface area contributed by atoms with E-state index in [1.54, 1.807) is 11.3 Å². The number of nitrogens with two attached hydrogens (primary N) is 1. The average molecular weight is 280 g/mol. The van der Waals surface area contributed by atoms with Crippen LogP contribution in [0, 0.1) is 6.92 Å². The second-order valence-electron chi connectivity index (χ2n) is 4.34. The lowest BCUT2D eigenvalue weighted by atomic mass is 10.3. The summed E-state index contributed by atoms with van der Waals surface area (Å²) in [5.41, 5.74) is 5.71. The summed E-state index contributed by atoms with van der Waals surface area (Å²) in [7, 11) is 0. The Kier molecular flexibility index (Phi) is 4.55. The number of fused-ring (bicyclic) bond motifs is 1. The van der Waals surface area contributed by atoms with E-state index >= 15 is 0 Å². The Morgan fingerprint density at radius 2 is 2.05 bits per heavy atom. The number of likely N-dealkylation sites (N-methyl/N-ethyl adjacent to an activating group) is 1. The first kappa shape index (κ1) is 14.0. The van der Waals surface area contributed by atoms with Crippen LogP contribution < -0.4 is 10.5 Å². The molecule has 0 bridgehead atoms. The number of ether oxygens (including phenoxy) is 1. The minimum atomic E-state index is 0.271. The Hall–Kier alpha value is -1.40. The molecule has 2 aromatic heterocycles. The molecule has 0 aliphatic heterocycles. The van der Waals surface area contributed by atoms with Gasteiger partial charge in [0.15, 0.2) is 0 Å². The van der Waals surface area contributed by atoms with E-state index in [0.717, 1.165) is 29.9 Å². The van der Waals surface area contributed by atoms with Gasteiger partial charge in [0.25, 0.3) is 0 Å². The van der Waals surface area contributed by atoms with E-state index in [2.05, 4.69) is 28.7 Å². The van der Waals surface area contributed by atoms with Crippen molar-refractivity contribution in [1.82, 2.24) is 14.9 Å². The number of anilines is 1. The molecule has 2 aromatic rings. The van der Waals surface area contributed by atoms with Crippen molar-refractivity contribution < 1.29 is 4.74 Å². The summed E-state index contributed by atoms with van der Waals surface area (Å²) in [6, 6.07) is 2.05. The topological polar surface area (TPSA) is 64.3 Å². The van der Waals surface area contributed by atoms with Crippen molar-refractivity contribution in [3.63, 3.8) is 0 Å². The van der Waals surface area contributed by atoms with E-state index in [9.17, 15) is 0 Å². The highest BCUT2D eigenvalue weighted by Gasteiger charge is 2.10. The normalized spacial score (nSPS) is 11.4. The van der Waals surface area contributed by atoms with Crippen LogP contribution in [-0.4, -0.2) is 41.1 Å². The fourth-order valence-electron chi connectivity index (χ4n) is 1.95. The molecule has 6 heteroatoms. The fourth-order valence-corrected chi connectivity index (χ4v) is 2.83. The lowest BCUT2D eigenvalue weighted by molar-refractivity contribution is 0.220. The third kappa shape index (κ3) is 3.33. The number of nitrogen functional groups attached to an aromatic ring is 1. The molecule has 0 amide bonds. The van der Waals surface area contributed by atoms with Crippen LogP contribution in [0.5, 0.6) is 5.88 Å². The SMILES string of the molecule is CCN(CC)CCOc1nc(N)nc2sc(C)cc12. The first-order chi connectivity index (χ1) is 9.13. The Morgan fingerprint density at radius 1 is 1.32 bits per heavy atom. The second kappa shape index (κ2) is 6.16. The van der Waals surface area contributed by atoms with Gasteiger partial charge in [-0.1, -0.05) is 13.8 Å². The Balaban J connectivity index is 2.11. The van der Waals surface area contributed by atoms with E-state index < -0.39 is 0 Å². The number of aromatic nitrogens is 2. The lowest BCUT2D eigenvalue weighted by Gasteiger charge is -2.17. The maximum atomic E-state index is 5.78. The predicted octanol–water partition coefficient (Wildman–Crippen LogP) is 2.30. The van der Waals surface area contributed by atoms with Crippen LogP contribution in [0.2, 0.25) is 0 Å². The monoisotopic (exact) mass is 280 g/mol. The maximum Gasteiger partial charge on any atom is 0.227 e. The minimum Gasteiger partial charge on any atom is -0.476 e. The van der Waals surface area contributed by atoms with Gasteiger partial charge < -0.3 is 15.4 Å². The van der Waals surface area contributed by atoms with Crippen molar-refractivity contribution in [2.24, 2.45) is 0 Å². The van der Waals surface area contributed by atoms with Crippen LogP contribution in [-0.2, 0) is 0 Å². The van der Waals surface area contributed by atoms with Crippen molar-refractivity contribution in [2.45, 2.75) is 20.8 Å². The highest BCUT2D eigenvalue weighted by Crippen LogP contribution is 2.30. The highest BCUT2D eigenvalue weighted by atomic mass is 32.1. The molecule has 0 aromatic carbocycles. The molecule has 0 saturated carbocycles. The molecule has 2 rings (SSSR count). The first-order valence-electron chi connectivity index (χ1n) is 6.52. The number of rotatable bonds is 6. The van der Waals surface area contributed by atoms with Gasteiger partial charge >= 0.3 is 0 Å². The van der Waals surface area contributed by atoms with Crippen LogP contribution in [0.15, 0.2) is 6.07 Å². The predicted molar refractivity (Wildman–Crippen MR) is 79.8 cm³/mol. The molecular formula is C13H20N4OS. The van der Waals surface area contributed by atoms with Gasteiger partial charge in [-0.2, -0.15) is 4.98 Å². The standard InChI is InChI=1S/C13H20N4OS/c1-4-17(5-2)6-7-18-11-10-8-9(3)19-12(10)16-13(14)15-11/h8H,4-7H2,1-3H3,(H2,14,15,16). The van der Waals surface area contributed by atoms with E-state index in [-0.39, 0.29) is 5.95 Å². The Bertz CT molecular complexity index is 551. The third-order valence-electron chi connectivity index (χ3n) is 3.04. The van der Waals surface area contributed by atoms with Crippen molar-refractivity contribution in [3.8, 4) is 5.88 Å². The molecule has 0 unspecified atom stereocenters. The summed E-state index contributed by atoms with van der Waals surface area (Å²) in [6.45, 7) is 9.89. The average Bonchev–Trinajstić information content (AvgIpc) is 2.74. The number of hydrogen-bond acceptors (Lipinski definition) is 6. The van der Waals surface area contributed by atoms with Crippen molar-refractivity contribution >= 4 is 27.5 Å². The largest absolute Gasteiger partial charge is 0.476 e. The molecule has 0 atom stereocenters. The molecule has 0 aliphatic carbocycles. The van der Waals surface area contributed by atoms with Crippen molar-refractivity contribution in [3.05, 3.63) is 10.9 Å². The third-order valence-corrected chi connectivity index (χ3v) is 3.98. The summed E-state index contributed by atoms with van der Waals surface area (Å²) in [5, 5.41) is 0.955. The number of aryl methyl sites for hydroxylation is 1. The smallest absolute Gasteiger partial charge is 0.227 e. The van der Waals surface area contributed by atoms with Gasteiger partial charge in [-0.3, -0.25) is 0 Å². The highest BCUT2D eigenvalue weighted by molar-refractivity contribution is 7.18. The van der Waals surface area contributed by atoms with Gasteiger partial charge in [-0.15, -0.1) is 11.3 Å². The van der Waals surface area contributed by atoms with Gasteiger partial charge in [-0.25, -0.2) is 4.98 Å². The minimum absolute atomic E-state index is 0.271. The quantitative estimate of drug-likeness (QED) is 0.879. The zero-order valence-electron chi connectivity index (χ0n) is 11.6. The number of hydrogen-bond donors (Lipinski definition) is 1. The molecular weight excluding hydrogens is 260 g/mol. The zero-order chi connectivity index (χ0) is 13.8. The van der Waals surface area contributed by atoms with Crippen LogP contribution >= 0.6 is 11.3 Å². The van der Waals surface area contributed by atoms with Gasteiger partial charge in [0, 0.05) is 11.4 Å². The molecule has 0 radical (unpaired) electrons. The maximum absolute atomic E-state index is 5.78. The van der Waals surface area contributed by atoms with Crippen molar-refractivity contribution in [2.75, 3.05) is 32.0 Å². The van der Waals surface area contributed by atoms with Crippen LogP contribution in [0.4, 0.5) is 5.95 Å². The molecule has 0 saturated heterocycles. The summed E-state index contributed by atoms with van der Waals surface area (Å²) in [6.07, 6.45) is 0. The summed E-state index contributed by atoms with van der Waals surface area (Å²) in [5.74, 6) is 0.867. The van der Waals surface area contributed by atoms with Crippen LogP contribution in [0.3, 0.4) is 0 Å². The van der Waals surface area contributed by atoms with Crippen molar-refractivity contribution in [1.29, 1.82) is 0 Å². The number of nitrogens with zero attached hydrogens (tertiary/aromatic N) is 3. The first-order valence-corrected chi connectivity index (χ1v) is 7.34. The molecule has 0 fully saturated rings. The van der Waals surface area contributed by atoms with Crippen LogP contribution in [0.1, 0.15) is 18.7 Å². The van der Waals surface area contributed by atoms with Gasteiger partial charge in [0.1, 0.15) is 11.4 Å². The fraction of sp³-hybridized carbons (Fsp3) is 0.538. The summed E-state index contributed by atoms with van der Waals surface area (Å²) < 4.78 is 5.78. The van der Waals surface area contributed by atoms with Crippen LogP contribution in [0.25, 0.3) is 10.2 Å². The van der Waals surface area contributed by atoms with Gasteiger partial charge in [0.2, 0.25) is 11.8 Å². The van der Waals surface area contributed by atoms with E-state index in [4.69, 9.17) is 10.5 Å². The summed E-state index contributed by atoms with van der Waals surface area (Å²) in [4.78, 5) is 12.8. The number of thiophene rings is 1. The van der Waals surface area contributed by atoms with E-state index in [1.165, 1.54) is 4.88 Å². The lowest BCUT2D eigenvalue weighted by Crippen LogP contribution is -2.28. The molecule has 104 valence electrons.